The minimum absolute atomic E-state index is 0.0515. The summed E-state index contributed by atoms with van der Waals surface area (Å²) in [5, 5.41) is 7.91. The lowest BCUT2D eigenvalue weighted by molar-refractivity contribution is 0.0965. The summed E-state index contributed by atoms with van der Waals surface area (Å²) in [5.41, 5.74) is 3.40. The Balaban J connectivity index is 0.000000167. The van der Waals surface area contributed by atoms with Crippen molar-refractivity contribution in [1.29, 1.82) is 0 Å². The van der Waals surface area contributed by atoms with E-state index in [1.807, 2.05) is 54.6 Å². The molecule has 1 aliphatic heterocycles. The Hall–Kier alpha value is -2.96. The average Bonchev–Trinajstić information content (AvgIpc) is 3.04. The van der Waals surface area contributed by atoms with Crippen molar-refractivity contribution in [3.05, 3.63) is 90.0 Å². The Morgan fingerprint density at radius 3 is 2.00 bits per heavy atom. The standard InChI is InChI=1S/C12H11NO2S.C8H7NO/c13-16(14,15)12-9-5-4-8-11(12)10-6-2-1-3-7-10;10-8-7-4-2-1-3-6(7)5-9-8/h1-9H,(H2,13,14,15);1-4H,5H2,(H,9,10). The molecule has 0 saturated heterocycles. The predicted octanol–water partition coefficient (Wildman–Crippen LogP) is 2.93. The number of carbonyl (C=O) groups excluding carboxylic acids is 1. The van der Waals surface area contributed by atoms with Crippen LogP contribution in [0.1, 0.15) is 15.9 Å². The van der Waals surface area contributed by atoms with Crippen molar-refractivity contribution < 1.29 is 13.2 Å². The fraction of sp³-hybridized carbons (Fsp3) is 0.0500. The second-order valence-electron chi connectivity index (χ2n) is 5.75. The van der Waals surface area contributed by atoms with E-state index < -0.39 is 10.0 Å². The van der Waals surface area contributed by atoms with Crippen molar-refractivity contribution in [3.63, 3.8) is 0 Å². The van der Waals surface area contributed by atoms with Crippen molar-refractivity contribution in [2.45, 2.75) is 11.4 Å². The summed E-state index contributed by atoms with van der Waals surface area (Å²) in [6.07, 6.45) is 0. The monoisotopic (exact) mass is 366 g/mol. The third kappa shape index (κ3) is 3.99. The van der Waals surface area contributed by atoms with Gasteiger partial charge in [0.15, 0.2) is 0 Å². The number of nitrogens with one attached hydrogen (secondary N) is 1. The maximum atomic E-state index is 11.4. The second-order valence-corrected chi connectivity index (χ2v) is 7.28. The molecule has 6 heteroatoms. The molecule has 0 spiro atoms. The number of carbonyl (C=O) groups is 1. The minimum atomic E-state index is -3.68. The van der Waals surface area contributed by atoms with Crippen LogP contribution >= 0.6 is 0 Å². The van der Waals surface area contributed by atoms with Gasteiger partial charge in [-0.3, -0.25) is 4.79 Å². The van der Waals surface area contributed by atoms with E-state index in [1.54, 1.807) is 18.2 Å². The predicted molar refractivity (Wildman–Crippen MR) is 101 cm³/mol. The quantitative estimate of drug-likeness (QED) is 0.731. The van der Waals surface area contributed by atoms with Gasteiger partial charge in [-0.2, -0.15) is 0 Å². The molecule has 1 amide bonds. The van der Waals surface area contributed by atoms with Crippen LogP contribution in [0.15, 0.2) is 83.8 Å². The lowest BCUT2D eigenvalue weighted by atomic mass is 10.1. The molecule has 4 rings (SSSR count). The number of amides is 1. The first-order chi connectivity index (χ1) is 12.5. The van der Waals surface area contributed by atoms with Crippen LogP contribution in [0.4, 0.5) is 0 Å². The van der Waals surface area contributed by atoms with Gasteiger partial charge in [-0.25, -0.2) is 13.6 Å². The molecule has 3 aromatic rings. The van der Waals surface area contributed by atoms with Crippen LogP contribution < -0.4 is 10.5 Å². The van der Waals surface area contributed by atoms with Crippen LogP contribution in [-0.2, 0) is 16.6 Å². The van der Waals surface area contributed by atoms with Gasteiger partial charge < -0.3 is 5.32 Å². The van der Waals surface area contributed by atoms with E-state index in [-0.39, 0.29) is 10.8 Å². The van der Waals surface area contributed by atoms with Gasteiger partial charge in [-0.1, -0.05) is 66.7 Å². The van der Waals surface area contributed by atoms with Gasteiger partial charge in [0.25, 0.3) is 5.91 Å². The molecule has 0 radical (unpaired) electrons. The minimum Gasteiger partial charge on any atom is -0.348 e. The zero-order valence-electron chi connectivity index (χ0n) is 13.9. The fourth-order valence-corrected chi connectivity index (χ4v) is 3.50. The number of hydrogen-bond donors (Lipinski definition) is 2. The number of rotatable bonds is 2. The molecule has 0 atom stereocenters. The average molecular weight is 366 g/mol. The van der Waals surface area contributed by atoms with Gasteiger partial charge >= 0.3 is 0 Å². The molecule has 132 valence electrons. The lowest BCUT2D eigenvalue weighted by Crippen LogP contribution is -2.13. The molecule has 1 aliphatic rings. The first-order valence-corrected chi connectivity index (χ1v) is 9.55. The van der Waals surface area contributed by atoms with E-state index in [2.05, 4.69) is 5.32 Å². The summed E-state index contributed by atoms with van der Waals surface area (Å²) < 4.78 is 22.8. The lowest BCUT2D eigenvalue weighted by Gasteiger charge is -2.07. The molecule has 0 saturated carbocycles. The fourth-order valence-electron chi connectivity index (χ4n) is 2.74. The number of primary sulfonamides is 1. The van der Waals surface area contributed by atoms with Crippen molar-refractivity contribution in [3.8, 4) is 11.1 Å². The third-order valence-electron chi connectivity index (χ3n) is 3.98. The van der Waals surface area contributed by atoms with Crippen LogP contribution in [0.5, 0.6) is 0 Å². The van der Waals surface area contributed by atoms with Gasteiger partial charge in [-0.15, -0.1) is 0 Å². The van der Waals surface area contributed by atoms with Gasteiger partial charge in [0.1, 0.15) is 0 Å². The zero-order valence-corrected chi connectivity index (χ0v) is 14.7. The summed E-state index contributed by atoms with van der Waals surface area (Å²) >= 11 is 0. The first kappa shape index (κ1) is 17.8. The molecule has 0 aromatic heterocycles. The van der Waals surface area contributed by atoms with Gasteiger partial charge in [0.05, 0.1) is 4.90 Å². The maximum absolute atomic E-state index is 11.4. The number of nitrogens with two attached hydrogens (primary N) is 1. The van der Waals surface area contributed by atoms with Crippen LogP contribution in [0.25, 0.3) is 11.1 Å². The highest BCUT2D eigenvalue weighted by Crippen LogP contribution is 2.25. The number of benzene rings is 3. The molecule has 0 bridgehead atoms. The van der Waals surface area contributed by atoms with Crippen molar-refractivity contribution in [1.82, 2.24) is 5.32 Å². The molecule has 0 aliphatic carbocycles. The number of hydrogen-bond acceptors (Lipinski definition) is 3. The van der Waals surface area contributed by atoms with Gasteiger partial charge in [0.2, 0.25) is 10.0 Å². The van der Waals surface area contributed by atoms with Crippen LogP contribution in [0.3, 0.4) is 0 Å². The van der Waals surface area contributed by atoms with E-state index in [9.17, 15) is 13.2 Å². The van der Waals surface area contributed by atoms with E-state index in [1.165, 1.54) is 6.07 Å². The third-order valence-corrected chi connectivity index (χ3v) is 4.95. The summed E-state index contributed by atoms with van der Waals surface area (Å²) in [6, 6.07) is 23.6. The Labute approximate surface area is 152 Å². The topological polar surface area (TPSA) is 89.3 Å². The molecule has 1 heterocycles. The molecule has 26 heavy (non-hydrogen) atoms. The first-order valence-electron chi connectivity index (χ1n) is 8.00. The number of fused-ring (bicyclic) bond motifs is 1. The summed E-state index contributed by atoms with van der Waals surface area (Å²) in [5.74, 6) is 0.0515. The van der Waals surface area contributed by atoms with Crippen LogP contribution in [0, 0.1) is 0 Å². The second kappa shape index (κ2) is 7.51. The van der Waals surface area contributed by atoms with E-state index in [0.717, 1.165) is 16.7 Å². The maximum Gasteiger partial charge on any atom is 0.251 e. The molecule has 5 nitrogen and oxygen atoms in total. The van der Waals surface area contributed by atoms with Crippen LogP contribution in [-0.4, -0.2) is 14.3 Å². The highest BCUT2D eigenvalue weighted by Gasteiger charge is 2.16. The highest BCUT2D eigenvalue weighted by atomic mass is 32.2. The summed E-state index contributed by atoms with van der Waals surface area (Å²) in [4.78, 5) is 11.1. The SMILES string of the molecule is NS(=O)(=O)c1ccccc1-c1ccccc1.O=C1NCc2ccccc21. The number of sulfonamides is 1. The molecule has 0 unspecified atom stereocenters. The molecular formula is C20H18N2O3S. The van der Waals surface area contributed by atoms with Crippen molar-refractivity contribution in [2.75, 3.05) is 0 Å². The molecule has 3 aromatic carbocycles. The molecular weight excluding hydrogens is 348 g/mol. The smallest absolute Gasteiger partial charge is 0.251 e. The van der Waals surface area contributed by atoms with Gasteiger partial charge in [0, 0.05) is 17.7 Å². The van der Waals surface area contributed by atoms with Crippen molar-refractivity contribution in [2.24, 2.45) is 5.14 Å². The van der Waals surface area contributed by atoms with E-state index in [4.69, 9.17) is 5.14 Å². The normalized spacial score (nSPS) is 12.6. The largest absolute Gasteiger partial charge is 0.348 e. The Morgan fingerprint density at radius 1 is 0.769 bits per heavy atom. The highest BCUT2D eigenvalue weighted by molar-refractivity contribution is 7.89. The Kier molecular flexibility index (Phi) is 5.16. The zero-order chi connectivity index (χ0) is 18.6. The van der Waals surface area contributed by atoms with E-state index >= 15 is 0 Å². The molecule has 3 N–H and O–H groups in total. The summed E-state index contributed by atoms with van der Waals surface area (Å²) in [6.45, 7) is 0.689. The summed E-state index contributed by atoms with van der Waals surface area (Å²) in [7, 11) is -3.68. The Morgan fingerprint density at radius 2 is 1.35 bits per heavy atom. The van der Waals surface area contributed by atoms with Gasteiger partial charge in [-0.05, 0) is 23.3 Å². The van der Waals surface area contributed by atoms with Crippen LogP contribution in [0.2, 0.25) is 0 Å². The van der Waals surface area contributed by atoms with Crippen molar-refractivity contribution >= 4 is 15.9 Å². The van der Waals surface area contributed by atoms with E-state index in [0.29, 0.717) is 12.1 Å². The Bertz CT molecular complexity index is 1030. The molecule has 0 fully saturated rings.